The smallest absolute Gasteiger partial charge is 0.238 e. The van der Waals surface area contributed by atoms with Crippen molar-refractivity contribution in [3.8, 4) is 30.2 Å². The molecule has 1 aliphatic heterocycles. The van der Waals surface area contributed by atoms with Crippen LogP contribution in [0.25, 0.3) is 0 Å². The lowest BCUT2D eigenvalue weighted by atomic mass is 9.91. The highest BCUT2D eigenvalue weighted by Gasteiger charge is 2.39. The van der Waals surface area contributed by atoms with Crippen LogP contribution < -0.4 is 10.1 Å². The van der Waals surface area contributed by atoms with Crippen LogP contribution in [-0.2, 0) is 4.79 Å². The first-order chi connectivity index (χ1) is 13.6. The third-order valence-corrected chi connectivity index (χ3v) is 5.51. The number of amides is 1. The molecule has 144 valence electrons. The van der Waals surface area contributed by atoms with Crippen molar-refractivity contribution in [1.82, 2.24) is 10.2 Å². The fourth-order valence-corrected chi connectivity index (χ4v) is 4.07. The topological polar surface area (TPSA) is 89.2 Å². The van der Waals surface area contributed by atoms with Crippen molar-refractivity contribution in [2.45, 2.75) is 62.8 Å². The van der Waals surface area contributed by atoms with Gasteiger partial charge >= 0.3 is 0 Å². The van der Waals surface area contributed by atoms with E-state index in [9.17, 15) is 10.1 Å². The van der Waals surface area contributed by atoms with E-state index in [1.807, 2.05) is 6.07 Å². The summed E-state index contributed by atoms with van der Waals surface area (Å²) in [5.74, 6) is 3.06. The van der Waals surface area contributed by atoms with Gasteiger partial charge < -0.3 is 9.64 Å². The minimum atomic E-state index is -0.657. The quantitative estimate of drug-likeness (QED) is 0.630. The molecular formula is C22H24N4O2. The summed E-state index contributed by atoms with van der Waals surface area (Å²) in [6, 6.07) is 10.5. The minimum absolute atomic E-state index is 0.0638. The summed E-state index contributed by atoms with van der Waals surface area (Å²) in [7, 11) is 0. The molecule has 1 saturated carbocycles. The van der Waals surface area contributed by atoms with E-state index in [0.717, 1.165) is 32.1 Å². The highest BCUT2D eigenvalue weighted by atomic mass is 16.5. The first-order valence-electron chi connectivity index (χ1n) is 9.72. The molecule has 0 radical (unpaired) electrons. The van der Waals surface area contributed by atoms with Crippen molar-refractivity contribution in [3.63, 3.8) is 0 Å². The lowest BCUT2D eigenvalue weighted by Gasteiger charge is -2.39. The van der Waals surface area contributed by atoms with Crippen molar-refractivity contribution >= 4 is 5.91 Å². The summed E-state index contributed by atoms with van der Waals surface area (Å²) >= 11 is 0. The summed E-state index contributed by atoms with van der Waals surface area (Å²) in [4.78, 5) is 14.4. The fraction of sp³-hybridized carbons (Fsp3) is 0.500. The number of carbonyl (C=O) groups is 1. The molecule has 6 heteroatoms. The van der Waals surface area contributed by atoms with Crippen molar-refractivity contribution in [1.29, 1.82) is 10.5 Å². The van der Waals surface area contributed by atoms with Gasteiger partial charge in [-0.1, -0.05) is 18.4 Å². The van der Waals surface area contributed by atoms with Gasteiger partial charge in [0.15, 0.2) is 5.72 Å². The number of nitrogens with one attached hydrogen (secondary N) is 1. The van der Waals surface area contributed by atoms with Crippen LogP contribution in [0, 0.1) is 35.0 Å². The van der Waals surface area contributed by atoms with Crippen molar-refractivity contribution < 1.29 is 9.53 Å². The van der Waals surface area contributed by atoms with E-state index in [2.05, 4.69) is 23.4 Å². The molecule has 0 aromatic heterocycles. The van der Waals surface area contributed by atoms with E-state index in [1.165, 1.54) is 4.90 Å². The third kappa shape index (κ3) is 4.28. The molecule has 1 aromatic carbocycles. The minimum Gasteiger partial charge on any atom is -0.473 e. The average molecular weight is 376 g/mol. The average Bonchev–Trinajstić information content (AvgIpc) is 3.16. The molecule has 1 aliphatic carbocycles. The molecule has 2 unspecified atom stereocenters. The second-order valence-corrected chi connectivity index (χ2v) is 7.36. The second kappa shape index (κ2) is 8.79. The van der Waals surface area contributed by atoms with Gasteiger partial charge in [-0.2, -0.15) is 10.5 Å². The van der Waals surface area contributed by atoms with Crippen LogP contribution in [0.4, 0.5) is 0 Å². The van der Waals surface area contributed by atoms with Crippen molar-refractivity contribution in [2.75, 3.05) is 6.54 Å². The van der Waals surface area contributed by atoms with Gasteiger partial charge in [0.2, 0.25) is 5.91 Å². The Balaban J connectivity index is 1.72. The van der Waals surface area contributed by atoms with E-state index >= 15 is 0 Å². The molecule has 0 bridgehead atoms. The predicted octanol–water partition coefficient (Wildman–Crippen LogP) is 2.70. The lowest BCUT2D eigenvalue weighted by molar-refractivity contribution is -0.133. The number of terminal acetylenes is 1. The van der Waals surface area contributed by atoms with Crippen LogP contribution in [0.15, 0.2) is 24.3 Å². The fourth-order valence-electron chi connectivity index (χ4n) is 4.07. The zero-order chi connectivity index (χ0) is 20.0. The second-order valence-electron chi connectivity index (χ2n) is 7.36. The summed E-state index contributed by atoms with van der Waals surface area (Å²) < 4.78 is 6.27. The molecule has 1 amide bonds. The van der Waals surface area contributed by atoms with Gasteiger partial charge in [0.1, 0.15) is 11.8 Å². The van der Waals surface area contributed by atoms with Crippen molar-refractivity contribution in [2.24, 2.45) is 0 Å². The molecule has 1 heterocycles. The zero-order valence-electron chi connectivity index (χ0n) is 15.9. The van der Waals surface area contributed by atoms with E-state index in [4.69, 9.17) is 16.4 Å². The molecule has 28 heavy (non-hydrogen) atoms. The van der Waals surface area contributed by atoms with Crippen LogP contribution in [-0.4, -0.2) is 35.2 Å². The maximum Gasteiger partial charge on any atom is 0.238 e. The highest BCUT2D eigenvalue weighted by molar-refractivity contribution is 5.80. The molecule has 3 rings (SSSR count). The SMILES string of the molecule is C#CC1CCC(C#N)N1C(=O)CNC1(Oc2cccc(C#N)c2)CCCCC1. The van der Waals surface area contributed by atoms with Gasteiger partial charge in [-0.05, 0) is 43.9 Å². The van der Waals surface area contributed by atoms with E-state index in [0.29, 0.717) is 24.2 Å². The Bertz CT molecular complexity index is 817. The number of nitrogens with zero attached hydrogens (tertiary/aromatic N) is 3. The van der Waals surface area contributed by atoms with Gasteiger partial charge in [0.25, 0.3) is 0 Å². The summed E-state index contributed by atoms with van der Waals surface area (Å²) in [5.41, 5.74) is -0.125. The molecule has 1 N–H and O–H groups in total. The monoisotopic (exact) mass is 376 g/mol. The lowest BCUT2D eigenvalue weighted by Crippen LogP contribution is -2.55. The molecule has 6 nitrogen and oxygen atoms in total. The molecule has 0 spiro atoms. The van der Waals surface area contributed by atoms with Crippen LogP contribution in [0.5, 0.6) is 5.75 Å². The largest absolute Gasteiger partial charge is 0.473 e. The van der Waals surface area contributed by atoms with Gasteiger partial charge in [-0.3, -0.25) is 10.1 Å². The number of ether oxygens (including phenoxy) is 1. The van der Waals surface area contributed by atoms with Crippen LogP contribution in [0.1, 0.15) is 50.5 Å². The Morgan fingerprint density at radius 2 is 2.00 bits per heavy atom. The first kappa shape index (κ1) is 19.7. The Kier molecular flexibility index (Phi) is 6.19. The van der Waals surface area contributed by atoms with Gasteiger partial charge in [0, 0.05) is 12.8 Å². The predicted molar refractivity (Wildman–Crippen MR) is 104 cm³/mol. The van der Waals surface area contributed by atoms with E-state index in [-0.39, 0.29) is 18.5 Å². The van der Waals surface area contributed by atoms with Crippen molar-refractivity contribution in [3.05, 3.63) is 29.8 Å². The van der Waals surface area contributed by atoms with Gasteiger partial charge in [-0.15, -0.1) is 6.42 Å². The molecule has 1 saturated heterocycles. The number of likely N-dealkylation sites (tertiary alicyclic amines) is 1. The Morgan fingerprint density at radius 3 is 2.68 bits per heavy atom. The van der Waals surface area contributed by atoms with Crippen LogP contribution in [0.3, 0.4) is 0 Å². The summed E-state index contributed by atoms with van der Waals surface area (Å²) in [6.07, 6.45) is 11.5. The molecular weight excluding hydrogens is 352 g/mol. The highest BCUT2D eigenvalue weighted by Crippen LogP contribution is 2.32. The molecule has 2 atom stereocenters. The molecule has 1 aromatic rings. The molecule has 2 fully saturated rings. The van der Waals surface area contributed by atoms with Crippen LogP contribution in [0.2, 0.25) is 0 Å². The third-order valence-electron chi connectivity index (χ3n) is 5.51. The van der Waals surface area contributed by atoms with Crippen LogP contribution >= 0.6 is 0 Å². The Hall–Kier alpha value is -3.01. The number of hydrogen-bond donors (Lipinski definition) is 1. The number of hydrogen-bond acceptors (Lipinski definition) is 5. The number of rotatable bonds is 5. The maximum absolute atomic E-state index is 12.8. The number of carbonyl (C=O) groups excluding carboxylic acids is 1. The Morgan fingerprint density at radius 1 is 1.25 bits per heavy atom. The maximum atomic E-state index is 12.8. The standard InChI is InChI=1S/C22H24N4O2/c1-2-18-9-10-19(15-24)26(18)21(27)16-25-22(11-4-3-5-12-22)28-20-8-6-7-17(13-20)14-23/h1,6-8,13,18-19,25H,3-5,9-12,16H2. The zero-order valence-corrected chi connectivity index (χ0v) is 15.9. The summed E-state index contributed by atoms with van der Waals surface area (Å²) in [5, 5.41) is 21.8. The van der Waals surface area contributed by atoms with Gasteiger partial charge in [-0.25, -0.2) is 0 Å². The number of nitriles is 2. The first-order valence-corrected chi connectivity index (χ1v) is 9.72. The number of benzene rings is 1. The van der Waals surface area contributed by atoms with Gasteiger partial charge in [0.05, 0.1) is 30.3 Å². The Labute approximate surface area is 166 Å². The normalized spacial score (nSPS) is 23.2. The van der Waals surface area contributed by atoms with E-state index in [1.54, 1.807) is 18.2 Å². The van der Waals surface area contributed by atoms with E-state index < -0.39 is 11.8 Å². The molecule has 2 aliphatic rings. The summed E-state index contributed by atoms with van der Waals surface area (Å²) in [6.45, 7) is 0.0638.